The van der Waals surface area contributed by atoms with Crippen LogP contribution in [0.2, 0.25) is 0 Å². The molecule has 0 aromatic heterocycles. The number of piperidine rings is 1. The zero-order valence-corrected chi connectivity index (χ0v) is 13.6. The molecule has 1 aliphatic rings. The standard InChI is InChI=1S/C17H25F2NO3/c1-3-14(4-2)20-6-5-16(21)17(22,10-20)11-23-15-8-12(18)7-13(19)9-15/h7-9,14,16,21-22H,3-6,10-11H2,1-2H3/t16-,17-/m0/s1. The molecular weight excluding hydrogens is 304 g/mol. The van der Waals surface area contributed by atoms with Gasteiger partial charge in [-0.15, -0.1) is 0 Å². The first-order valence-corrected chi connectivity index (χ1v) is 8.11. The lowest BCUT2D eigenvalue weighted by Crippen LogP contribution is -2.61. The van der Waals surface area contributed by atoms with Gasteiger partial charge in [-0.1, -0.05) is 13.8 Å². The highest BCUT2D eigenvalue weighted by Crippen LogP contribution is 2.26. The Morgan fingerprint density at radius 1 is 1.26 bits per heavy atom. The SMILES string of the molecule is CCC(CC)N1CC[C@H](O)[C@@](O)(COc2cc(F)cc(F)c2)C1. The zero-order valence-electron chi connectivity index (χ0n) is 13.6. The topological polar surface area (TPSA) is 52.9 Å². The molecule has 0 bridgehead atoms. The smallest absolute Gasteiger partial charge is 0.137 e. The number of hydrogen-bond acceptors (Lipinski definition) is 4. The Balaban J connectivity index is 2.05. The van der Waals surface area contributed by atoms with Crippen molar-refractivity contribution in [1.82, 2.24) is 4.90 Å². The van der Waals surface area contributed by atoms with Gasteiger partial charge < -0.3 is 14.9 Å². The van der Waals surface area contributed by atoms with Crippen LogP contribution in [0.15, 0.2) is 18.2 Å². The van der Waals surface area contributed by atoms with Crippen molar-refractivity contribution in [2.45, 2.75) is 50.9 Å². The summed E-state index contributed by atoms with van der Waals surface area (Å²) < 4.78 is 31.7. The van der Waals surface area contributed by atoms with E-state index >= 15 is 0 Å². The van der Waals surface area contributed by atoms with Gasteiger partial charge in [0.15, 0.2) is 0 Å². The third kappa shape index (κ3) is 4.40. The highest BCUT2D eigenvalue weighted by molar-refractivity contribution is 5.24. The van der Waals surface area contributed by atoms with E-state index < -0.39 is 23.3 Å². The highest BCUT2D eigenvalue weighted by atomic mass is 19.1. The molecule has 2 rings (SSSR count). The first kappa shape index (κ1) is 18.1. The van der Waals surface area contributed by atoms with Crippen molar-refractivity contribution < 1.29 is 23.7 Å². The van der Waals surface area contributed by atoms with Gasteiger partial charge in [0.05, 0.1) is 6.10 Å². The molecule has 2 atom stereocenters. The molecule has 0 radical (unpaired) electrons. The number of likely N-dealkylation sites (tertiary alicyclic amines) is 1. The molecule has 1 fully saturated rings. The normalized spacial score (nSPS) is 25.8. The number of nitrogens with zero attached hydrogens (tertiary/aromatic N) is 1. The third-order valence-corrected chi connectivity index (χ3v) is 4.57. The van der Waals surface area contributed by atoms with Crippen LogP contribution in [0.1, 0.15) is 33.1 Å². The van der Waals surface area contributed by atoms with Gasteiger partial charge in [0.2, 0.25) is 0 Å². The second-order valence-electron chi connectivity index (χ2n) is 6.24. The quantitative estimate of drug-likeness (QED) is 0.841. The lowest BCUT2D eigenvalue weighted by molar-refractivity contribution is -0.145. The van der Waals surface area contributed by atoms with E-state index in [4.69, 9.17) is 4.74 Å². The van der Waals surface area contributed by atoms with Gasteiger partial charge in [-0.3, -0.25) is 4.90 Å². The molecule has 1 saturated heterocycles. The fourth-order valence-corrected chi connectivity index (χ4v) is 3.17. The van der Waals surface area contributed by atoms with Crippen LogP contribution in [0.5, 0.6) is 5.75 Å². The van der Waals surface area contributed by atoms with E-state index in [-0.39, 0.29) is 18.9 Å². The van der Waals surface area contributed by atoms with Crippen molar-refractivity contribution in [1.29, 1.82) is 0 Å². The Labute approximate surface area is 135 Å². The number of halogens is 2. The Kier molecular flexibility index (Phi) is 5.95. The molecule has 0 unspecified atom stereocenters. The summed E-state index contributed by atoms with van der Waals surface area (Å²) in [5, 5.41) is 20.9. The number of rotatable bonds is 6. The fraction of sp³-hybridized carbons (Fsp3) is 0.647. The average molecular weight is 329 g/mol. The van der Waals surface area contributed by atoms with Crippen molar-refractivity contribution in [2.75, 3.05) is 19.7 Å². The zero-order chi connectivity index (χ0) is 17.0. The maximum Gasteiger partial charge on any atom is 0.137 e. The number of ether oxygens (including phenoxy) is 1. The maximum atomic E-state index is 13.2. The molecule has 6 heteroatoms. The van der Waals surface area contributed by atoms with E-state index in [1.807, 2.05) is 0 Å². The van der Waals surface area contributed by atoms with E-state index in [0.29, 0.717) is 19.0 Å². The molecule has 4 nitrogen and oxygen atoms in total. The van der Waals surface area contributed by atoms with Gasteiger partial charge in [0.1, 0.15) is 29.6 Å². The molecule has 1 aliphatic heterocycles. The molecule has 130 valence electrons. The van der Waals surface area contributed by atoms with Gasteiger partial charge in [-0.2, -0.15) is 0 Å². The molecular formula is C17H25F2NO3. The minimum atomic E-state index is -1.45. The van der Waals surface area contributed by atoms with Crippen molar-refractivity contribution in [3.05, 3.63) is 29.8 Å². The maximum absolute atomic E-state index is 13.2. The Morgan fingerprint density at radius 3 is 2.43 bits per heavy atom. The third-order valence-electron chi connectivity index (χ3n) is 4.57. The lowest BCUT2D eigenvalue weighted by Gasteiger charge is -2.45. The summed E-state index contributed by atoms with van der Waals surface area (Å²) in [5.74, 6) is -1.48. The molecule has 2 N–H and O–H groups in total. The summed E-state index contributed by atoms with van der Waals surface area (Å²) in [7, 11) is 0. The van der Waals surface area contributed by atoms with Crippen LogP contribution in [0, 0.1) is 11.6 Å². The number of β-amino-alcohol motifs (C(OH)–C–C–N with tert-alkyl or cyclic N) is 1. The summed E-state index contributed by atoms with van der Waals surface area (Å²) in [6.45, 7) is 4.95. The van der Waals surface area contributed by atoms with Crippen molar-refractivity contribution in [3.63, 3.8) is 0 Å². The number of benzene rings is 1. The highest BCUT2D eigenvalue weighted by Gasteiger charge is 2.43. The number of hydrogen-bond donors (Lipinski definition) is 2. The van der Waals surface area contributed by atoms with E-state index in [1.165, 1.54) is 0 Å². The largest absolute Gasteiger partial charge is 0.490 e. The summed E-state index contributed by atoms with van der Waals surface area (Å²) in [6, 6.07) is 3.20. The van der Waals surface area contributed by atoms with Crippen LogP contribution in [0.4, 0.5) is 8.78 Å². The van der Waals surface area contributed by atoms with Gasteiger partial charge in [0.25, 0.3) is 0 Å². The van der Waals surface area contributed by atoms with Gasteiger partial charge in [-0.05, 0) is 19.3 Å². The molecule has 1 aromatic carbocycles. The van der Waals surface area contributed by atoms with Crippen LogP contribution in [0.3, 0.4) is 0 Å². The first-order valence-electron chi connectivity index (χ1n) is 8.11. The van der Waals surface area contributed by atoms with E-state index in [9.17, 15) is 19.0 Å². The Bertz CT molecular complexity index is 504. The predicted octanol–water partition coefficient (Wildman–Crippen LogP) is 2.33. The van der Waals surface area contributed by atoms with Crippen LogP contribution in [-0.4, -0.2) is 52.6 Å². The minimum absolute atomic E-state index is 0.00258. The summed E-state index contributed by atoms with van der Waals surface area (Å²) in [6.07, 6.45) is 1.43. The van der Waals surface area contributed by atoms with Gasteiger partial charge in [0, 0.05) is 37.3 Å². The lowest BCUT2D eigenvalue weighted by atomic mass is 9.89. The van der Waals surface area contributed by atoms with E-state index in [1.54, 1.807) is 0 Å². The molecule has 0 aliphatic carbocycles. The molecule has 0 spiro atoms. The van der Waals surface area contributed by atoms with Gasteiger partial charge in [-0.25, -0.2) is 8.78 Å². The van der Waals surface area contributed by atoms with Crippen molar-refractivity contribution in [2.24, 2.45) is 0 Å². The summed E-state index contributed by atoms with van der Waals surface area (Å²) in [4.78, 5) is 2.14. The predicted molar refractivity (Wildman–Crippen MR) is 83.4 cm³/mol. The van der Waals surface area contributed by atoms with Crippen LogP contribution >= 0.6 is 0 Å². The molecule has 1 aromatic rings. The average Bonchev–Trinajstić information content (AvgIpc) is 2.49. The van der Waals surface area contributed by atoms with E-state index in [2.05, 4.69) is 18.7 Å². The van der Waals surface area contributed by atoms with Gasteiger partial charge >= 0.3 is 0 Å². The Morgan fingerprint density at radius 2 is 1.87 bits per heavy atom. The second kappa shape index (κ2) is 7.55. The minimum Gasteiger partial charge on any atom is -0.490 e. The first-order chi connectivity index (χ1) is 10.9. The molecule has 23 heavy (non-hydrogen) atoms. The van der Waals surface area contributed by atoms with E-state index in [0.717, 1.165) is 31.0 Å². The summed E-state index contributed by atoms with van der Waals surface area (Å²) >= 11 is 0. The van der Waals surface area contributed by atoms with Crippen LogP contribution in [0.25, 0.3) is 0 Å². The monoisotopic (exact) mass is 329 g/mol. The second-order valence-corrected chi connectivity index (χ2v) is 6.24. The van der Waals surface area contributed by atoms with Crippen LogP contribution in [-0.2, 0) is 0 Å². The molecule has 1 heterocycles. The fourth-order valence-electron chi connectivity index (χ4n) is 3.17. The van der Waals surface area contributed by atoms with Crippen molar-refractivity contribution in [3.8, 4) is 5.75 Å². The number of aliphatic hydroxyl groups excluding tert-OH is 1. The Hall–Kier alpha value is -1.24. The summed E-state index contributed by atoms with van der Waals surface area (Å²) in [5.41, 5.74) is -1.45. The van der Waals surface area contributed by atoms with Crippen molar-refractivity contribution >= 4 is 0 Å². The molecule has 0 saturated carbocycles. The van der Waals surface area contributed by atoms with Crippen LogP contribution < -0.4 is 4.74 Å². The number of aliphatic hydroxyl groups is 2. The molecule has 0 amide bonds.